The molecule has 0 bridgehead atoms. The minimum atomic E-state index is -3.94. The molecule has 0 unspecified atom stereocenters. The number of carbonyl (C=O) groups excluding carboxylic acids is 2. The first-order valence-electron chi connectivity index (χ1n) is 9.59. The van der Waals surface area contributed by atoms with Gasteiger partial charge in [0.1, 0.15) is 5.75 Å². The Labute approximate surface area is 176 Å². The first-order valence-corrected chi connectivity index (χ1v) is 11.5. The van der Waals surface area contributed by atoms with Gasteiger partial charge < -0.3 is 14.4 Å². The second kappa shape index (κ2) is 10.3. The van der Waals surface area contributed by atoms with Crippen LogP contribution in [0.25, 0.3) is 0 Å². The van der Waals surface area contributed by atoms with Crippen molar-refractivity contribution in [3.63, 3.8) is 0 Å². The topological polar surface area (TPSA) is 102 Å². The lowest BCUT2D eigenvalue weighted by Crippen LogP contribution is -2.49. The molecule has 1 aliphatic rings. The number of esters is 1. The molecule has 1 atom stereocenters. The van der Waals surface area contributed by atoms with Crippen LogP contribution in [0.1, 0.15) is 33.6 Å². The second-order valence-corrected chi connectivity index (χ2v) is 8.84. The summed E-state index contributed by atoms with van der Waals surface area (Å²) in [7, 11) is -3.94. The van der Waals surface area contributed by atoms with Crippen molar-refractivity contribution in [3.05, 3.63) is 23.2 Å². The molecule has 2 rings (SSSR count). The molecule has 0 saturated carbocycles. The van der Waals surface area contributed by atoms with Crippen LogP contribution in [-0.4, -0.2) is 57.5 Å². The number of nitrogens with one attached hydrogen (secondary N) is 1. The highest BCUT2D eigenvalue weighted by atomic mass is 35.5. The standard InChI is InChI=1S/C19H27ClN2O6S/c1-4-27-17-7-6-15(12-16(17)20)29(25,26)21-13(3)18(23)22-10-8-14(9-11-22)19(24)28-5-2/h6-7,12-14,21H,4-5,8-11H2,1-3H3/t13-/m1/s1. The van der Waals surface area contributed by atoms with Crippen molar-refractivity contribution >= 4 is 33.5 Å². The lowest BCUT2D eigenvalue weighted by Gasteiger charge is -2.32. The number of likely N-dealkylation sites (tertiary alicyclic amines) is 1. The van der Waals surface area contributed by atoms with Gasteiger partial charge in [0, 0.05) is 13.1 Å². The predicted molar refractivity (Wildman–Crippen MR) is 108 cm³/mol. The van der Waals surface area contributed by atoms with Gasteiger partial charge in [-0.05, 0) is 51.8 Å². The maximum absolute atomic E-state index is 12.7. The van der Waals surface area contributed by atoms with Gasteiger partial charge in [0.15, 0.2) is 0 Å². The molecule has 0 radical (unpaired) electrons. The van der Waals surface area contributed by atoms with E-state index >= 15 is 0 Å². The van der Waals surface area contributed by atoms with Gasteiger partial charge in [-0.2, -0.15) is 4.72 Å². The summed E-state index contributed by atoms with van der Waals surface area (Å²) in [6.45, 7) is 6.53. The third kappa shape index (κ3) is 6.07. The summed E-state index contributed by atoms with van der Waals surface area (Å²) >= 11 is 6.07. The van der Waals surface area contributed by atoms with E-state index in [4.69, 9.17) is 21.1 Å². The van der Waals surface area contributed by atoms with Crippen LogP contribution >= 0.6 is 11.6 Å². The highest BCUT2D eigenvalue weighted by Crippen LogP contribution is 2.27. The van der Waals surface area contributed by atoms with E-state index in [0.29, 0.717) is 44.9 Å². The van der Waals surface area contributed by atoms with Gasteiger partial charge in [-0.1, -0.05) is 11.6 Å². The van der Waals surface area contributed by atoms with Gasteiger partial charge in [-0.25, -0.2) is 8.42 Å². The van der Waals surface area contributed by atoms with Crippen LogP contribution in [0.4, 0.5) is 0 Å². The molecule has 0 aliphatic carbocycles. The SMILES string of the molecule is CCOC(=O)C1CCN(C(=O)[C@@H](C)NS(=O)(=O)c2ccc(OCC)c(Cl)c2)CC1. The lowest BCUT2D eigenvalue weighted by atomic mass is 9.96. The first-order chi connectivity index (χ1) is 13.7. The zero-order chi connectivity index (χ0) is 21.6. The van der Waals surface area contributed by atoms with E-state index in [0.717, 1.165) is 0 Å². The van der Waals surface area contributed by atoms with Crippen LogP contribution in [0.5, 0.6) is 5.75 Å². The number of ether oxygens (including phenoxy) is 2. The minimum Gasteiger partial charge on any atom is -0.492 e. The van der Waals surface area contributed by atoms with Gasteiger partial charge in [0.25, 0.3) is 0 Å². The van der Waals surface area contributed by atoms with Crippen LogP contribution in [0.3, 0.4) is 0 Å². The van der Waals surface area contributed by atoms with Crippen molar-refractivity contribution < 1.29 is 27.5 Å². The Kier molecular flexibility index (Phi) is 8.30. The van der Waals surface area contributed by atoms with Crippen molar-refractivity contribution in [2.24, 2.45) is 5.92 Å². The molecule has 10 heteroatoms. The number of piperidine rings is 1. The molecule has 1 aliphatic heterocycles. The molecule has 1 heterocycles. The van der Waals surface area contributed by atoms with Crippen molar-refractivity contribution in [2.45, 2.75) is 44.6 Å². The minimum absolute atomic E-state index is 0.0494. The van der Waals surface area contributed by atoms with E-state index in [1.54, 1.807) is 18.7 Å². The molecular weight excluding hydrogens is 420 g/mol. The maximum Gasteiger partial charge on any atom is 0.309 e. The average Bonchev–Trinajstić information content (AvgIpc) is 2.69. The van der Waals surface area contributed by atoms with Crippen molar-refractivity contribution in [3.8, 4) is 5.75 Å². The molecule has 1 fully saturated rings. The third-order valence-corrected chi connectivity index (χ3v) is 6.48. The summed E-state index contributed by atoms with van der Waals surface area (Å²) in [5, 5.41) is 0.176. The fourth-order valence-electron chi connectivity index (χ4n) is 3.14. The molecule has 1 N–H and O–H groups in total. The van der Waals surface area contributed by atoms with Crippen LogP contribution < -0.4 is 9.46 Å². The van der Waals surface area contributed by atoms with Crippen LogP contribution in [0, 0.1) is 5.92 Å². The molecule has 1 saturated heterocycles. The summed E-state index contributed by atoms with van der Waals surface area (Å²) in [6.07, 6.45) is 0.997. The number of sulfonamides is 1. The highest BCUT2D eigenvalue weighted by molar-refractivity contribution is 7.89. The van der Waals surface area contributed by atoms with E-state index in [-0.39, 0.29) is 27.7 Å². The Hall–Kier alpha value is -1.84. The molecule has 1 aromatic rings. The normalized spacial score (nSPS) is 16.3. The van der Waals surface area contributed by atoms with Gasteiger partial charge in [0.2, 0.25) is 15.9 Å². The van der Waals surface area contributed by atoms with Gasteiger partial charge >= 0.3 is 5.97 Å². The Morgan fingerprint density at radius 3 is 2.45 bits per heavy atom. The maximum atomic E-state index is 12.7. The van der Waals surface area contributed by atoms with Crippen molar-refractivity contribution in [1.82, 2.24) is 9.62 Å². The number of hydrogen-bond donors (Lipinski definition) is 1. The van der Waals surface area contributed by atoms with E-state index in [1.165, 1.54) is 25.1 Å². The number of amides is 1. The van der Waals surface area contributed by atoms with Gasteiger partial charge in [-0.15, -0.1) is 0 Å². The van der Waals surface area contributed by atoms with E-state index in [1.807, 2.05) is 0 Å². The number of hydrogen-bond acceptors (Lipinski definition) is 6. The summed E-state index contributed by atoms with van der Waals surface area (Å²) in [5.41, 5.74) is 0. The summed E-state index contributed by atoms with van der Waals surface area (Å²) in [5.74, 6) is -0.424. The number of carbonyl (C=O) groups is 2. The molecule has 1 amide bonds. The third-order valence-electron chi connectivity index (χ3n) is 4.64. The predicted octanol–water partition coefficient (Wildman–Crippen LogP) is 2.21. The molecule has 162 valence electrons. The largest absolute Gasteiger partial charge is 0.492 e. The molecule has 0 spiro atoms. The van der Waals surface area contributed by atoms with E-state index in [9.17, 15) is 18.0 Å². The number of benzene rings is 1. The fourth-order valence-corrected chi connectivity index (χ4v) is 4.66. The van der Waals surface area contributed by atoms with Crippen LogP contribution in [-0.2, 0) is 24.3 Å². The average molecular weight is 447 g/mol. The molecule has 8 nitrogen and oxygen atoms in total. The lowest BCUT2D eigenvalue weighted by molar-refractivity contribution is -0.151. The van der Waals surface area contributed by atoms with Crippen LogP contribution in [0.15, 0.2) is 23.1 Å². The number of rotatable bonds is 8. The zero-order valence-electron chi connectivity index (χ0n) is 16.8. The second-order valence-electron chi connectivity index (χ2n) is 6.72. The van der Waals surface area contributed by atoms with Crippen molar-refractivity contribution in [2.75, 3.05) is 26.3 Å². The quantitative estimate of drug-likeness (QED) is 0.614. The highest BCUT2D eigenvalue weighted by Gasteiger charge is 2.31. The molecular formula is C19H27ClN2O6S. The smallest absolute Gasteiger partial charge is 0.309 e. The zero-order valence-corrected chi connectivity index (χ0v) is 18.4. The monoisotopic (exact) mass is 446 g/mol. The fraction of sp³-hybridized carbons (Fsp3) is 0.579. The Balaban J connectivity index is 1.98. The number of nitrogens with zero attached hydrogens (tertiary/aromatic N) is 1. The Morgan fingerprint density at radius 1 is 1.24 bits per heavy atom. The van der Waals surface area contributed by atoms with Crippen molar-refractivity contribution in [1.29, 1.82) is 0 Å². The molecule has 29 heavy (non-hydrogen) atoms. The molecule has 1 aromatic carbocycles. The number of halogens is 1. The summed E-state index contributed by atoms with van der Waals surface area (Å²) in [4.78, 5) is 26.0. The van der Waals surface area contributed by atoms with E-state index in [2.05, 4.69) is 4.72 Å². The van der Waals surface area contributed by atoms with Gasteiger partial charge in [-0.3, -0.25) is 9.59 Å². The Morgan fingerprint density at radius 2 is 1.90 bits per heavy atom. The Bertz CT molecular complexity index is 837. The van der Waals surface area contributed by atoms with Crippen LogP contribution in [0.2, 0.25) is 5.02 Å². The van der Waals surface area contributed by atoms with E-state index < -0.39 is 16.1 Å². The molecule has 0 aromatic heterocycles. The summed E-state index contributed by atoms with van der Waals surface area (Å²) < 4.78 is 38.0. The summed E-state index contributed by atoms with van der Waals surface area (Å²) in [6, 6.07) is 3.19. The first kappa shape index (κ1) is 23.4. The van der Waals surface area contributed by atoms with Gasteiger partial charge in [0.05, 0.1) is 35.1 Å².